The van der Waals surface area contributed by atoms with E-state index in [1.807, 2.05) is 37.4 Å². The molecule has 0 radical (unpaired) electrons. The maximum absolute atomic E-state index is 12.6. The average molecular weight is 457 g/mol. The summed E-state index contributed by atoms with van der Waals surface area (Å²) in [4.78, 5) is 17.1. The normalized spacial score (nSPS) is 14.2. The number of aromatic nitrogens is 1. The molecule has 0 aliphatic carbocycles. The van der Waals surface area contributed by atoms with Crippen LogP contribution in [0, 0.1) is 6.92 Å². The molecule has 1 aromatic heterocycles. The first-order valence-electron chi connectivity index (χ1n) is 8.71. The van der Waals surface area contributed by atoms with Gasteiger partial charge in [0.05, 0.1) is 21.8 Å². The van der Waals surface area contributed by atoms with Gasteiger partial charge in [-0.3, -0.25) is 4.79 Å². The summed E-state index contributed by atoms with van der Waals surface area (Å²) in [5.41, 5.74) is 4.78. The zero-order valence-electron chi connectivity index (χ0n) is 15.2. The number of anilines is 1. The number of carbonyl (C=O) groups excluding carboxylic acids is 1. The summed E-state index contributed by atoms with van der Waals surface area (Å²) in [6, 6.07) is 9.31. The van der Waals surface area contributed by atoms with Gasteiger partial charge in [-0.15, -0.1) is 11.3 Å². The van der Waals surface area contributed by atoms with Crippen LogP contribution in [0.25, 0.3) is 22.9 Å². The van der Waals surface area contributed by atoms with E-state index in [-0.39, 0.29) is 11.7 Å². The molecule has 4 rings (SSSR count). The van der Waals surface area contributed by atoms with E-state index in [1.54, 1.807) is 29.5 Å². The molecule has 2 heterocycles. The molecular weight excluding hydrogens is 440 g/mol. The molecule has 0 spiro atoms. The van der Waals surface area contributed by atoms with Crippen LogP contribution in [0.1, 0.15) is 23.1 Å². The molecular formula is C21H17BrN2O3S. The minimum atomic E-state index is -0.163. The summed E-state index contributed by atoms with van der Waals surface area (Å²) in [5.74, 6) is 0.249. The van der Waals surface area contributed by atoms with Gasteiger partial charge in [0.2, 0.25) is 0 Å². The van der Waals surface area contributed by atoms with Crippen molar-refractivity contribution in [1.29, 1.82) is 0 Å². The predicted molar refractivity (Wildman–Crippen MR) is 116 cm³/mol. The van der Waals surface area contributed by atoms with Gasteiger partial charge < -0.3 is 15.2 Å². The number of amides is 1. The van der Waals surface area contributed by atoms with Crippen molar-refractivity contribution in [3.8, 4) is 22.8 Å². The molecule has 7 heteroatoms. The number of hydrogen-bond donors (Lipinski definition) is 2. The molecule has 2 N–H and O–H groups in total. The van der Waals surface area contributed by atoms with Gasteiger partial charge in [-0.1, -0.05) is 6.07 Å². The molecule has 0 bridgehead atoms. The van der Waals surface area contributed by atoms with E-state index in [0.717, 1.165) is 33.1 Å². The predicted octanol–water partition coefficient (Wildman–Crippen LogP) is 5.48. The molecule has 0 saturated carbocycles. The van der Waals surface area contributed by atoms with Crippen LogP contribution in [0.3, 0.4) is 0 Å². The molecule has 3 aromatic rings. The van der Waals surface area contributed by atoms with Gasteiger partial charge in [-0.2, -0.15) is 0 Å². The van der Waals surface area contributed by atoms with E-state index in [1.165, 1.54) is 0 Å². The quantitative estimate of drug-likeness (QED) is 0.509. The average Bonchev–Trinajstić information content (AvgIpc) is 3.23. The Balaban J connectivity index is 1.79. The summed E-state index contributed by atoms with van der Waals surface area (Å²) in [7, 11) is 0. The van der Waals surface area contributed by atoms with E-state index in [0.29, 0.717) is 22.4 Å². The number of thiazole rings is 1. The molecule has 1 aliphatic rings. The van der Waals surface area contributed by atoms with Crippen LogP contribution < -0.4 is 10.1 Å². The lowest BCUT2D eigenvalue weighted by Gasteiger charge is -2.09. The van der Waals surface area contributed by atoms with E-state index in [2.05, 4.69) is 26.2 Å². The number of fused-ring (bicyclic) bond motifs is 1. The second-order valence-electron chi connectivity index (χ2n) is 6.31. The van der Waals surface area contributed by atoms with E-state index in [9.17, 15) is 9.90 Å². The number of ether oxygens (including phenoxy) is 1. The van der Waals surface area contributed by atoms with E-state index >= 15 is 0 Å². The van der Waals surface area contributed by atoms with Gasteiger partial charge in [0.1, 0.15) is 0 Å². The molecule has 0 atom stereocenters. The van der Waals surface area contributed by atoms with Crippen molar-refractivity contribution >= 4 is 50.5 Å². The van der Waals surface area contributed by atoms with Crippen LogP contribution in [-0.2, 0) is 4.79 Å². The zero-order valence-corrected chi connectivity index (χ0v) is 17.6. The Labute approximate surface area is 174 Å². The highest BCUT2D eigenvalue weighted by molar-refractivity contribution is 9.10. The second kappa shape index (κ2) is 7.41. The van der Waals surface area contributed by atoms with Crippen molar-refractivity contribution in [3.05, 3.63) is 56.3 Å². The Kier molecular flexibility index (Phi) is 4.95. The number of carbonyl (C=O) groups is 1. The fourth-order valence-electron chi connectivity index (χ4n) is 3.10. The highest BCUT2D eigenvalue weighted by Gasteiger charge is 2.25. The number of nitrogens with one attached hydrogen (secondary N) is 1. The van der Waals surface area contributed by atoms with Gasteiger partial charge in [0.25, 0.3) is 5.91 Å². The number of aromatic hydroxyl groups is 1. The Morgan fingerprint density at radius 3 is 2.86 bits per heavy atom. The van der Waals surface area contributed by atoms with Crippen molar-refractivity contribution in [3.63, 3.8) is 0 Å². The summed E-state index contributed by atoms with van der Waals surface area (Å²) in [6.45, 7) is 4.25. The van der Waals surface area contributed by atoms with E-state index in [4.69, 9.17) is 4.74 Å². The smallest absolute Gasteiger partial charge is 0.256 e. The molecule has 1 amide bonds. The van der Waals surface area contributed by atoms with Crippen LogP contribution in [0.5, 0.6) is 11.5 Å². The topological polar surface area (TPSA) is 71.5 Å². The second-order valence-corrected chi connectivity index (χ2v) is 8.22. The van der Waals surface area contributed by atoms with Crippen LogP contribution in [0.4, 0.5) is 5.69 Å². The number of aryl methyl sites for hydroxylation is 1. The molecule has 5 nitrogen and oxygen atoms in total. The maximum atomic E-state index is 12.6. The summed E-state index contributed by atoms with van der Waals surface area (Å²) in [5, 5.41) is 16.0. The summed E-state index contributed by atoms with van der Waals surface area (Å²) < 4.78 is 5.99. The number of phenolic OH excluding ortho intramolecular Hbond substituents is 1. The van der Waals surface area contributed by atoms with Crippen molar-refractivity contribution in [1.82, 2.24) is 4.98 Å². The third kappa shape index (κ3) is 3.43. The van der Waals surface area contributed by atoms with Gasteiger partial charge in [-0.05, 0) is 65.7 Å². The minimum Gasteiger partial charge on any atom is -0.503 e. The number of halogens is 1. The van der Waals surface area contributed by atoms with Gasteiger partial charge in [0, 0.05) is 27.8 Å². The largest absolute Gasteiger partial charge is 0.503 e. The SMILES string of the molecule is CCOc1cc(/C=C2\C(=O)Nc3ccc(-c4csc(C)n4)cc32)cc(Br)c1O. The Hall–Kier alpha value is -2.64. The lowest BCUT2D eigenvalue weighted by atomic mass is 10.0. The Bertz CT molecular complexity index is 1120. The highest BCUT2D eigenvalue weighted by atomic mass is 79.9. The lowest BCUT2D eigenvalue weighted by Crippen LogP contribution is -2.03. The summed E-state index contributed by atoms with van der Waals surface area (Å²) in [6.07, 6.45) is 1.80. The van der Waals surface area contributed by atoms with Crippen molar-refractivity contribution in [2.24, 2.45) is 0 Å². The highest BCUT2D eigenvalue weighted by Crippen LogP contribution is 2.39. The molecule has 0 fully saturated rings. The van der Waals surface area contributed by atoms with Crippen LogP contribution in [0.15, 0.2) is 40.2 Å². The first-order valence-corrected chi connectivity index (χ1v) is 10.4. The third-order valence-electron chi connectivity index (χ3n) is 4.38. The fraction of sp³-hybridized carbons (Fsp3) is 0.143. The van der Waals surface area contributed by atoms with Gasteiger partial charge >= 0.3 is 0 Å². The van der Waals surface area contributed by atoms with Gasteiger partial charge in [0.15, 0.2) is 11.5 Å². The first-order chi connectivity index (χ1) is 13.5. The van der Waals surface area contributed by atoms with Crippen molar-refractivity contribution < 1.29 is 14.6 Å². The Morgan fingerprint density at radius 1 is 1.32 bits per heavy atom. The fourth-order valence-corrected chi connectivity index (χ4v) is 4.18. The van der Waals surface area contributed by atoms with Crippen LogP contribution >= 0.6 is 27.3 Å². The van der Waals surface area contributed by atoms with Gasteiger partial charge in [-0.25, -0.2) is 4.98 Å². The maximum Gasteiger partial charge on any atom is 0.256 e. The number of rotatable bonds is 4. The minimum absolute atomic E-state index is 0.0430. The molecule has 142 valence electrons. The van der Waals surface area contributed by atoms with Crippen LogP contribution in [0.2, 0.25) is 0 Å². The zero-order chi connectivity index (χ0) is 19.8. The van der Waals surface area contributed by atoms with Crippen molar-refractivity contribution in [2.75, 3.05) is 11.9 Å². The Morgan fingerprint density at radius 2 is 2.14 bits per heavy atom. The molecule has 0 saturated heterocycles. The standard InChI is InChI=1S/C21H17BrN2O3S/c1-3-27-19-8-12(7-16(22)20(19)25)6-15-14-9-13(18-10-28-11(2)23-18)4-5-17(14)24-21(15)26/h4-10,25H,3H2,1-2H3,(H,24,26)/b15-6-. The number of benzene rings is 2. The van der Waals surface area contributed by atoms with Crippen molar-refractivity contribution in [2.45, 2.75) is 13.8 Å². The number of phenols is 1. The van der Waals surface area contributed by atoms with Crippen LogP contribution in [-0.4, -0.2) is 22.6 Å². The monoisotopic (exact) mass is 456 g/mol. The molecule has 1 aliphatic heterocycles. The number of nitrogens with zero attached hydrogens (tertiary/aromatic N) is 1. The number of hydrogen-bond acceptors (Lipinski definition) is 5. The molecule has 0 unspecified atom stereocenters. The summed E-state index contributed by atoms with van der Waals surface area (Å²) >= 11 is 4.94. The lowest BCUT2D eigenvalue weighted by molar-refractivity contribution is -0.110. The third-order valence-corrected chi connectivity index (χ3v) is 5.76. The van der Waals surface area contributed by atoms with E-state index < -0.39 is 0 Å². The first kappa shape index (κ1) is 18.7. The molecule has 2 aromatic carbocycles. The molecule has 28 heavy (non-hydrogen) atoms.